The third kappa shape index (κ3) is 6.48. The molecule has 2 aromatic heterocycles. The molecule has 2 heterocycles. The summed E-state index contributed by atoms with van der Waals surface area (Å²) in [5, 5.41) is 22.6. The smallest absolute Gasteiger partial charge is 0.350 e. The second-order valence-electron chi connectivity index (χ2n) is 7.60. The predicted octanol–water partition coefficient (Wildman–Crippen LogP) is 2.08. The van der Waals surface area contributed by atoms with E-state index < -0.39 is 23.5 Å². The van der Waals surface area contributed by atoms with Crippen molar-refractivity contribution < 1.29 is 23.8 Å². The molecule has 0 spiro atoms. The van der Waals surface area contributed by atoms with Crippen molar-refractivity contribution in [3.8, 4) is 17.4 Å². The third-order valence-electron chi connectivity index (χ3n) is 4.96. The Balaban J connectivity index is 0.000000934. The molecule has 0 aliphatic carbocycles. The molecule has 1 unspecified atom stereocenters. The number of hydrogen-bond donors (Lipinski definition) is 5. The average molecular weight is 525 g/mol. The number of carboxylic acids is 1. The Labute approximate surface area is 215 Å². The molecule has 0 radical (unpaired) electrons. The Morgan fingerprint density at radius 1 is 1.16 bits per heavy atom. The number of aromatic nitrogens is 5. The lowest BCUT2D eigenvalue weighted by molar-refractivity contribution is -0.134. The van der Waals surface area contributed by atoms with E-state index in [1.165, 1.54) is 38.7 Å². The predicted molar refractivity (Wildman–Crippen MR) is 136 cm³/mol. The second kappa shape index (κ2) is 12.1. The quantitative estimate of drug-likeness (QED) is 0.168. The van der Waals surface area contributed by atoms with E-state index in [2.05, 4.69) is 25.4 Å². The van der Waals surface area contributed by atoms with E-state index in [0.29, 0.717) is 16.8 Å². The van der Waals surface area contributed by atoms with Gasteiger partial charge in [-0.2, -0.15) is 4.39 Å². The van der Waals surface area contributed by atoms with E-state index in [0.717, 1.165) is 11.6 Å². The number of nitrogen functional groups attached to an aromatic ring is 1. The van der Waals surface area contributed by atoms with Gasteiger partial charge in [-0.05, 0) is 48.0 Å². The first-order valence-corrected chi connectivity index (χ1v) is 10.9. The molecule has 0 aliphatic rings. The first-order valence-electron chi connectivity index (χ1n) is 10.9. The lowest BCUT2D eigenvalue weighted by atomic mass is 10.0. The van der Waals surface area contributed by atoms with Gasteiger partial charge in [-0.15, -0.1) is 9.78 Å². The summed E-state index contributed by atoms with van der Waals surface area (Å²) < 4.78 is 25.9. The van der Waals surface area contributed by atoms with E-state index in [1.54, 1.807) is 30.3 Å². The van der Waals surface area contributed by atoms with Gasteiger partial charge in [-0.1, -0.05) is 0 Å². The van der Waals surface area contributed by atoms with E-state index in [4.69, 9.17) is 30.5 Å². The van der Waals surface area contributed by atoms with Gasteiger partial charge in [-0.25, -0.2) is 14.8 Å². The topological polar surface area (TPSA) is 194 Å². The minimum absolute atomic E-state index is 0.0405. The second-order valence-corrected chi connectivity index (χ2v) is 7.60. The number of methoxy groups -OCH3 is 2. The van der Waals surface area contributed by atoms with Crippen LogP contribution < -0.4 is 26.2 Å². The zero-order valence-corrected chi connectivity index (χ0v) is 20.6. The fraction of sp³-hybridized carbons (Fsp3) is 0.167. The van der Waals surface area contributed by atoms with E-state index in [1.807, 2.05) is 0 Å². The average Bonchev–Trinajstić information content (AvgIpc) is 3.29. The van der Waals surface area contributed by atoms with Crippen LogP contribution in [0.25, 0.3) is 5.95 Å². The molecule has 0 bridgehead atoms. The number of nitrogens with two attached hydrogens (primary N) is 1. The van der Waals surface area contributed by atoms with Crippen molar-refractivity contribution in [1.29, 1.82) is 5.41 Å². The van der Waals surface area contributed by atoms with Gasteiger partial charge < -0.3 is 25.6 Å². The van der Waals surface area contributed by atoms with Gasteiger partial charge in [-0.3, -0.25) is 15.2 Å². The molecule has 1 atom stereocenters. The number of anilines is 1. The van der Waals surface area contributed by atoms with Crippen molar-refractivity contribution in [2.75, 3.05) is 19.5 Å². The van der Waals surface area contributed by atoms with Crippen LogP contribution in [0.5, 0.6) is 11.5 Å². The highest BCUT2D eigenvalue weighted by molar-refractivity contribution is 5.95. The Kier molecular flexibility index (Phi) is 8.71. The zero-order chi connectivity index (χ0) is 27.8. The molecule has 0 saturated heterocycles. The van der Waals surface area contributed by atoms with Gasteiger partial charge in [0.15, 0.2) is 17.3 Å². The largest absolute Gasteiger partial charge is 0.494 e. The molecule has 0 saturated carbocycles. The molecule has 4 rings (SSSR count). The highest BCUT2D eigenvalue weighted by Crippen LogP contribution is 2.34. The monoisotopic (exact) mass is 524 g/mol. The number of hydrogen-bond acceptors (Lipinski definition) is 9. The fourth-order valence-electron chi connectivity index (χ4n) is 3.29. The highest BCUT2D eigenvalue weighted by Gasteiger charge is 2.24. The first-order chi connectivity index (χ1) is 18.1. The Morgan fingerprint density at radius 3 is 2.21 bits per heavy atom. The van der Waals surface area contributed by atoms with Crippen LogP contribution in [0.1, 0.15) is 29.9 Å². The minimum Gasteiger partial charge on any atom is -0.494 e. The van der Waals surface area contributed by atoms with Gasteiger partial charge in [0, 0.05) is 30.6 Å². The van der Waals surface area contributed by atoms with Crippen molar-refractivity contribution in [2.45, 2.75) is 13.0 Å². The Bertz CT molecular complexity index is 1440. The number of nitrogens with zero attached hydrogens (tertiary/aromatic N) is 4. The minimum atomic E-state index is -0.833. The van der Waals surface area contributed by atoms with Crippen molar-refractivity contribution in [3.63, 3.8) is 0 Å². The summed E-state index contributed by atoms with van der Waals surface area (Å²) in [5.74, 6) is -1.34. The summed E-state index contributed by atoms with van der Waals surface area (Å²) >= 11 is 0. The van der Waals surface area contributed by atoms with Crippen molar-refractivity contribution >= 4 is 17.5 Å². The normalized spacial score (nSPS) is 11.1. The maximum absolute atomic E-state index is 14.6. The van der Waals surface area contributed by atoms with Crippen LogP contribution in [-0.2, 0) is 4.79 Å². The number of H-pyrrole nitrogens is 1. The molecule has 13 nitrogen and oxygen atoms in total. The lowest BCUT2D eigenvalue weighted by Gasteiger charge is -2.20. The maximum Gasteiger partial charge on any atom is 0.350 e. The van der Waals surface area contributed by atoms with Gasteiger partial charge in [0.25, 0.3) is 11.9 Å². The van der Waals surface area contributed by atoms with E-state index in [-0.39, 0.29) is 29.1 Å². The maximum atomic E-state index is 14.6. The number of carboxylic acid groups (broad SMARTS) is 1. The molecule has 0 amide bonds. The zero-order valence-electron chi connectivity index (χ0n) is 20.6. The molecular formula is C24H25FN8O5. The molecule has 198 valence electrons. The number of rotatable bonds is 8. The van der Waals surface area contributed by atoms with Gasteiger partial charge in [0.05, 0.1) is 14.2 Å². The standard InChI is InChI=1S/C22H21FN8O3.C2H4O2/c1-33-15-10-13(11-16(34-2)17(15)23)18(28-14-6-4-12(5-7-14)19(24)25)20-29-22(32)31(30-20)21-26-8-3-9-27-21;1-2(3)4/h3-11,18,28H,1-2H3,(H3,24,25)(H,29,30,32);1H3,(H,3,4). The van der Waals surface area contributed by atoms with Crippen molar-refractivity contribution in [2.24, 2.45) is 5.73 Å². The third-order valence-corrected chi connectivity index (χ3v) is 4.96. The summed E-state index contributed by atoms with van der Waals surface area (Å²) in [4.78, 5) is 32.5. The van der Waals surface area contributed by atoms with Crippen LogP contribution in [-0.4, -0.2) is 55.9 Å². The Morgan fingerprint density at radius 2 is 1.71 bits per heavy atom. The Hall–Kier alpha value is -5.27. The number of halogens is 1. The van der Waals surface area contributed by atoms with Gasteiger partial charge in [0.1, 0.15) is 11.9 Å². The summed E-state index contributed by atoms with van der Waals surface area (Å²) in [7, 11) is 2.68. The van der Waals surface area contributed by atoms with Crippen LogP contribution in [0, 0.1) is 11.2 Å². The molecule has 0 aliphatic heterocycles. The number of amidine groups is 1. The molecule has 6 N–H and O–H groups in total. The first kappa shape index (κ1) is 27.3. The van der Waals surface area contributed by atoms with E-state index >= 15 is 0 Å². The SMILES string of the molecule is CC(=O)O.COc1cc(C(Nc2ccc(C(=N)N)cc2)c2nn(-c3ncccn3)c(=O)[nH]2)cc(OC)c1F. The number of nitrogens with one attached hydrogen (secondary N) is 3. The molecule has 4 aromatic rings. The lowest BCUT2D eigenvalue weighted by Crippen LogP contribution is -2.18. The molecular weight excluding hydrogens is 499 g/mol. The summed E-state index contributed by atoms with van der Waals surface area (Å²) in [6.07, 6.45) is 2.98. The van der Waals surface area contributed by atoms with Crippen LogP contribution in [0.15, 0.2) is 59.7 Å². The number of aliphatic carboxylic acids is 1. The van der Waals surface area contributed by atoms with Crippen LogP contribution in [0.2, 0.25) is 0 Å². The van der Waals surface area contributed by atoms with Crippen LogP contribution >= 0.6 is 0 Å². The van der Waals surface area contributed by atoms with E-state index in [9.17, 15) is 9.18 Å². The summed E-state index contributed by atoms with van der Waals surface area (Å²) in [5.41, 5.74) is 6.66. The summed E-state index contributed by atoms with van der Waals surface area (Å²) in [6, 6.07) is 10.6. The summed E-state index contributed by atoms with van der Waals surface area (Å²) in [6.45, 7) is 1.08. The van der Waals surface area contributed by atoms with Gasteiger partial charge >= 0.3 is 5.69 Å². The number of benzene rings is 2. The fourth-order valence-corrected chi connectivity index (χ4v) is 3.29. The molecule has 14 heteroatoms. The molecule has 0 fully saturated rings. The number of ether oxygens (including phenoxy) is 2. The van der Waals surface area contributed by atoms with Crippen molar-refractivity contribution in [3.05, 3.63) is 88.1 Å². The number of aromatic amines is 1. The highest BCUT2D eigenvalue weighted by atomic mass is 19.1. The van der Waals surface area contributed by atoms with Gasteiger partial charge in [0.2, 0.25) is 5.82 Å². The van der Waals surface area contributed by atoms with Crippen LogP contribution in [0.4, 0.5) is 10.1 Å². The molecule has 2 aromatic carbocycles. The molecule has 38 heavy (non-hydrogen) atoms. The van der Waals surface area contributed by atoms with Crippen molar-refractivity contribution in [1.82, 2.24) is 24.7 Å². The van der Waals surface area contributed by atoms with Crippen LogP contribution in [0.3, 0.4) is 0 Å². The number of carbonyl (C=O) groups is 1.